The zero-order valence-corrected chi connectivity index (χ0v) is 27.4. The van der Waals surface area contributed by atoms with Crippen LogP contribution in [0.4, 0.5) is 10.6 Å². The molecule has 4 saturated heterocycles. The van der Waals surface area contributed by atoms with Gasteiger partial charge in [0.1, 0.15) is 24.7 Å². The van der Waals surface area contributed by atoms with Gasteiger partial charge in [-0.3, -0.25) is 9.69 Å². The summed E-state index contributed by atoms with van der Waals surface area (Å²) >= 11 is 0. The lowest BCUT2D eigenvalue weighted by atomic mass is 9.95. The predicted molar refractivity (Wildman–Crippen MR) is 183 cm³/mol. The van der Waals surface area contributed by atoms with E-state index in [1.807, 2.05) is 23.1 Å². The smallest absolute Gasteiger partial charge is 0.325 e. The number of nitrogens with zero attached hydrogens (tertiary/aromatic N) is 5. The van der Waals surface area contributed by atoms with Crippen LogP contribution in [0.25, 0.3) is 32.8 Å². The summed E-state index contributed by atoms with van der Waals surface area (Å²) in [6, 6.07) is 18.0. The minimum Gasteiger partial charge on any atom is -0.508 e. The first-order chi connectivity index (χ1) is 23.4. The van der Waals surface area contributed by atoms with Crippen LogP contribution in [0.2, 0.25) is 0 Å². The van der Waals surface area contributed by atoms with Crippen LogP contribution in [0.1, 0.15) is 45.4 Å². The Morgan fingerprint density at radius 3 is 2.52 bits per heavy atom. The van der Waals surface area contributed by atoms with Gasteiger partial charge < -0.3 is 29.7 Å². The second-order valence-electron chi connectivity index (χ2n) is 13.6. The Morgan fingerprint density at radius 2 is 1.75 bits per heavy atom. The van der Waals surface area contributed by atoms with Crippen molar-refractivity contribution in [2.24, 2.45) is 0 Å². The Hall–Kier alpha value is -4.64. The summed E-state index contributed by atoms with van der Waals surface area (Å²) < 4.78 is 11.5. The molecule has 2 N–H and O–H groups in total. The number of aromatic hydroxyl groups is 1. The van der Waals surface area contributed by atoms with Gasteiger partial charge in [0, 0.05) is 18.5 Å². The molecule has 0 radical (unpaired) electrons. The van der Waals surface area contributed by atoms with Crippen LogP contribution in [0.5, 0.6) is 11.8 Å². The van der Waals surface area contributed by atoms with Gasteiger partial charge in [0.25, 0.3) is 0 Å². The number of amides is 2. The molecule has 4 aliphatic heterocycles. The van der Waals surface area contributed by atoms with Crippen molar-refractivity contribution in [3.63, 3.8) is 0 Å². The molecule has 11 heteroatoms. The van der Waals surface area contributed by atoms with Gasteiger partial charge >= 0.3 is 18.0 Å². The number of carbonyl (C=O) groups excluding carboxylic acids is 2. The molecule has 8 rings (SSSR count). The molecular weight excluding hydrogens is 608 g/mol. The van der Waals surface area contributed by atoms with Gasteiger partial charge in [0.2, 0.25) is 0 Å². The summed E-state index contributed by atoms with van der Waals surface area (Å²) in [4.78, 5) is 41.9. The number of anilines is 1. The van der Waals surface area contributed by atoms with Gasteiger partial charge in [0.15, 0.2) is 0 Å². The normalized spacial score (nSPS) is 21.5. The van der Waals surface area contributed by atoms with E-state index in [4.69, 9.17) is 19.4 Å². The van der Waals surface area contributed by atoms with Crippen LogP contribution in [0.15, 0.2) is 54.6 Å². The van der Waals surface area contributed by atoms with E-state index in [-0.39, 0.29) is 42.6 Å². The molecule has 1 aromatic heterocycles. The highest BCUT2D eigenvalue weighted by Gasteiger charge is 2.46. The molecule has 3 aromatic carbocycles. The van der Waals surface area contributed by atoms with Crippen molar-refractivity contribution in [3.05, 3.63) is 54.6 Å². The maximum absolute atomic E-state index is 13.2. The molecule has 2 bridgehead atoms. The van der Waals surface area contributed by atoms with Gasteiger partial charge in [-0.25, -0.2) is 4.79 Å². The van der Waals surface area contributed by atoms with Crippen LogP contribution in [0, 0.1) is 0 Å². The second-order valence-corrected chi connectivity index (χ2v) is 13.6. The lowest BCUT2D eigenvalue weighted by Crippen LogP contribution is -2.58. The second kappa shape index (κ2) is 12.4. The summed E-state index contributed by atoms with van der Waals surface area (Å²) in [6.07, 6.45) is 6.40. The molecule has 5 heterocycles. The Bertz CT molecular complexity index is 1860. The Labute approximate surface area is 279 Å². The zero-order chi connectivity index (χ0) is 32.8. The number of esters is 1. The number of piperazine rings is 1. The lowest BCUT2D eigenvalue weighted by Gasteiger charge is -2.41. The third kappa shape index (κ3) is 5.53. The molecule has 0 spiro atoms. The van der Waals surface area contributed by atoms with Crippen molar-refractivity contribution in [3.8, 4) is 22.9 Å². The average Bonchev–Trinajstić information content (AvgIpc) is 3.76. The molecule has 4 aliphatic rings. The van der Waals surface area contributed by atoms with Crippen LogP contribution in [0.3, 0.4) is 0 Å². The number of fused-ring (bicyclic) bond motifs is 5. The number of phenols is 1. The maximum atomic E-state index is 13.2. The quantitative estimate of drug-likeness (QED) is 0.251. The van der Waals surface area contributed by atoms with E-state index in [1.54, 1.807) is 19.1 Å². The Balaban J connectivity index is 1.13. The van der Waals surface area contributed by atoms with Crippen molar-refractivity contribution in [1.82, 2.24) is 25.1 Å². The monoisotopic (exact) mass is 650 g/mol. The molecule has 2 amide bonds. The summed E-state index contributed by atoms with van der Waals surface area (Å²) in [5.74, 6) is 0.582. The van der Waals surface area contributed by atoms with Crippen LogP contribution in [-0.4, -0.2) is 100 Å². The van der Waals surface area contributed by atoms with E-state index in [9.17, 15) is 14.7 Å². The summed E-state index contributed by atoms with van der Waals surface area (Å²) in [6.45, 7) is 5.93. The first-order valence-corrected chi connectivity index (χ1v) is 17.3. The molecule has 0 aliphatic carbocycles. The van der Waals surface area contributed by atoms with Crippen molar-refractivity contribution >= 4 is 39.5 Å². The van der Waals surface area contributed by atoms with E-state index in [0.29, 0.717) is 25.7 Å². The topological polar surface area (TPSA) is 120 Å². The van der Waals surface area contributed by atoms with E-state index < -0.39 is 5.97 Å². The van der Waals surface area contributed by atoms with Crippen LogP contribution >= 0.6 is 0 Å². The molecule has 0 saturated carbocycles. The summed E-state index contributed by atoms with van der Waals surface area (Å²) in [5, 5.41) is 16.3. The van der Waals surface area contributed by atoms with Crippen molar-refractivity contribution in [2.75, 3.05) is 50.8 Å². The Morgan fingerprint density at radius 1 is 0.979 bits per heavy atom. The standard InChI is InChI=1S/C37H42N6O5/c1-2-47-33(45)20-38-36(46)43-26-10-11-27(43)22-41(21-26)34-30-12-9-25(31-19-28(44)17-24-7-3-4-8-29(24)31)18-32(30)39-35(40-34)48-23-37-13-5-15-42(37)16-6-14-37/h3-4,7-9,12,17-19,26-27,44H,2,5-6,10-11,13-16,20-23H2,1H3,(H,38,46)/t26-,27+. The highest BCUT2D eigenvalue weighted by atomic mass is 16.5. The molecule has 4 fully saturated rings. The lowest BCUT2D eigenvalue weighted by molar-refractivity contribution is -0.141. The highest BCUT2D eigenvalue weighted by Crippen LogP contribution is 2.41. The largest absolute Gasteiger partial charge is 0.508 e. The highest BCUT2D eigenvalue weighted by molar-refractivity contribution is 6.01. The molecule has 250 valence electrons. The molecule has 2 atom stereocenters. The fraction of sp³-hybridized carbons (Fsp3) is 0.459. The number of carbonyl (C=O) groups is 2. The molecule has 0 unspecified atom stereocenters. The number of urea groups is 1. The molecule has 48 heavy (non-hydrogen) atoms. The minimum atomic E-state index is -0.437. The van der Waals surface area contributed by atoms with Gasteiger partial charge in [-0.1, -0.05) is 30.3 Å². The minimum absolute atomic E-state index is 0.0114. The van der Waals surface area contributed by atoms with E-state index in [0.717, 1.165) is 77.4 Å². The number of nitrogens with one attached hydrogen (secondary N) is 1. The van der Waals surface area contributed by atoms with Gasteiger partial charge in [-0.15, -0.1) is 0 Å². The number of phenolic OH excluding ortho intramolecular Hbond substituents is 1. The third-order valence-corrected chi connectivity index (χ3v) is 10.8. The molecule has 11 nitrogen and oxygen atoms in total. The van der Waals surface area contributed by atoms with E-state index in [1.165, 1.54) is 12.8 Å². The fourth-order valence-corrected chi connectivity index (χ4v) is 8.62. The summed E-state index contributed by atoms with van der Waals surface area (Å²) in [5.41, 5.74) is 2.71. The van der Waals surface area contributed by atoms with Crippen LogP contribution in [-0.2, 0) is 9.53 Å². The SMILES string of the molecule is CCOC(=O)CNC(=O)N1[C@@H]2CC[C@H]1CN(c1nc(OCC34CCCN3CCC4)nc3cc(-c4cc(O)cc5ccccc45)ccc13)C2. The van der Waals surface area contributed by atoms with Gasteiger partial charge in [0.05, 0.1) is 29.7 Å². The Kier molecular flexibility index (Phi) is 7.94. The van der Waals surface area contributed by atoms with Crippen molar-refractivity contribution in [1.29, 1.82) is 0 Å². The number of rotatable bonds is 8. The molecular formula is C37H42N6O5. The van der Waals surface area contributed by atoms with Crippen LogP contribution < -0.4 is 15.0 Å². The number of ether oxygens (including phenoxy) is 2. The van der Waals surface area contributed by atoms with E-state index in [2.05, 4.69) is 39.4 Å². The first-order valence-electron chi connectivity index (χ1n) is 17.3. The third-order valence-electron chi connectivity index (χ3n) is 10.8. The zero-order valence-electron chi connectivity index (χ0n) is 27.4. The molecule has 4 aromatic rings. The van der Waals surface area contributed by atoms with Gasteiger partial charge in [-0.2, -0.15) is 9.97 Å². The average molecular weight is 651 g/mol. The van der Waals surface area contributed by atoms with Gasteiger partial charge in [-0.05, 0) is 105 Å². The first kappa shape index (κ1) is 30.7. The maximum Gasteiger partial charge on any atom is 0.325 e. The number of hydrogen-bond donors (Lipinski definition) is 2. The number of aromatic nitrogens is 2. The van der Waals surface area contributed by atoms with E-state index >= 15 is 0 Å². The van der Waals surface area contributed by atoms with Crippen molar-refractivity contribution < 1.29 is 24.2 Å². The summed E-state index contributed by atoms with van der Waals surface area (Å²) in [7, 11) is 0. The predicted octanol–water partition coefficient (Wildman–Crippen LogP) is 5.09. The fourth-order valence-electron chi connectivity index (χ4n) is 8.62. The van der Waals surface area contributed by atoms with Crippen molar-refractivity contribution in [2.45, 2.75) is 63.1 Å². The number of hydrogen-bond acceptors (Lipinski definition) is 9. The number of benzene rings is 3.